The summed E-state index contributed by atoms with van der Waals surface area (Å²) in [4.78, 5) is 2.36. The molecule has 1 aliphatic rings. The Kier molecular flexibility index (Phi) is 4.31. The van der Waals surface area contributed by atoms with E-state index in [1.807, 2.05) is 0 Å². The fourth-order valence-electron chi connectivity index (χ4n) is 2.42. The summed E-state index contributed by atoms with van der Waals surface area (Å²) in [5.41, 5.74) is 2.32. The number of ether oxygens (including phenoxy) is 2. The lowest BCUT2D eigenvalue weighted by atomic mass is 10.1. The van der Waals surface area contributed by atoms with Gasteiger partial charge in [0.25, 0.3) is 0 Å². The molecule has 100 valence electrons. The van der Waals surface area contributed by atoms with E-state index in [0.29, 0.717) is 0 Å². The summed E-state index contributed by atoms with van der Waals surface area (Å²) in [7, 11) is 3.44. The van der Waals surface area contributed by atoms with E-state index >= 15 is 0 Å². The Morgan fingerprint density at radius 2 is 1.67 bits per heavy atom. The van der Waals surface area contributed by atoms with Gasteiger partial charge in [-0.05, 0) is 6.42 Å². The Hall–Kier alpha value is -1.42. The molecule has 0 aliphatic carbocycles. The van der Waals surface area contributed by atoms with Crippen LogP contribution in [0.5, 0.6) is 11.5 Å². The SMILES string of the molecule is CCc1c(OC)cc(N2CCNCC2)cc1OC. The number of anilines is 1. The third-order valence-corrected chi connectivity index (χ3v) is 3.43. The summed E-state index contributed by atoms with van der Waals surface area (Å²) in [5.74, 6) is 1.84. The number of hydrogen-bond acceptors (Lipinski definition) is 4. The summed E-state index contributed by atoms with van der Waals surface area (Å²) < 4.78 is 11.0. The monoisotopic (exact) mass is 250 g/mol. The maximum atomic E-state index is 5.49. The van der Waals surface area contributed by atoms with Gasteiger partial charge in [0.1, 0.15) is 11.5 Å². The lowest BCUT2D eigenvalue weighted by Crippen LogP contribution is -2.43. The zero-order valence-electron chi connectivity index (χ0n) is 11.5. The van der Waals surface area contributed by atoms with Crippen LogP contribution < -0.4 is 19.7 Å². The first-order chi connectivity index (χ1) is 8.80. The van der Waals surface area contributed by atoms with Gasteiger partial charge in [-0.3, -0.25) is 0 Å². The lowest BCUT2D eigenvalue weighted by molar-refractivity contribution is 0.386. The fourth-order valence-corrected chi connectivity index (χ4v) is 2.42. The van der Waals surface area contributed by atoms with Crippen LogP contribution in [0.3, 0.4) is 0 Å². The summed E-state index contributed by atoms with van der Waals surface area (Å²) in [5, 5.41) is 3.36. The van der Waals surface area contributed by atoms with Crippen molar-refractivity contribution >= 4 is 5.69 Å². The predicted octanol–water partition coefficient (Wildman–Crippen LogP) is 1.68. The van der Waals surface area contributed by atoms with E-state index in [0.717, 1.165) is 49.7 Å². The van der Waals surface area contributed by atoms with Crippen LogP contribution in [0.4, 0.5) is 5.69 Å². The number of nitrogens with one attached hydrogen (secondary N) is 1. The van der Waals surface area contributed by atoms with Crippen LogP contribution in [0, 0.1) is 0 Å². The first-order valence-corrected chi connectivity index (χ1v) is 6.50. The molecule has 0 unspecified atom stereocenters. The van der Waals surface area contributed by atoms with E-state index in [4.69, 9.17) is 9.47 Å². The molecule has 1 fully saturated rings. The standard InChI is InChI=1S/C14H22N2O2/c1-4-12-13(17-2)9-11(10-14(12)18-3)16-7-5-15-6-8-16/h9-10,15H,4-8H2,1-3H3. The van der Waals surface area contributed by atoms with Gasteiger partial charge in [0.2, 0.25) is 0 Å². The quantitative estimate of drug-likeness (QED) is 0.881. The Morgan fingerprint density at radius 1 is 1.11 bits per heavy atom. The highest BCUT2D eigenvalue weighted by molar-refractivity contribution is 5.60. The molecule has 0 bridgehead atoms. The number of benzene rings is 1. The lowest BCUT2D eigenvalue weighted by Gasteiger charge is -2.30. The van der Waals surface area contributed by atoms with E-state index in [9.17, 15) is 0 Å². The molecule has 1 saturated heterocycles. The number of rotatable bonds is 4. The van der Waals surface area contributed by atoms with E-state index < -0.39 is 0 Å². The normalized spacial score (nSPS) is 15.6. The predicted molar refractivity (Wildman–Crippen MR) is 74.0 cm³/mol. The molecule has 18 heavy (non-hydrogen) atoms. The molecule has 0 saturated carbocycles. The van der Waals surface area contributed by atoms with Crippen molar-refractivity contribution in [1.29, 1.82) is 0 Å². The van der Waals surface area contributed by atoms with Crippen molar-refractivity contribution in [1.82, 2.24) is 5.32 Å². The van der Waals surface area contributed by atoms with Gasteiger partial charge in [-0.1, -0.05) is 6.92 Å². The average molecular weight is 250 g/mol. The zero-order valence-corrected chi connectivity index (χ0v) is 11.5. The minimum Gasteiger partial charge on any atom is -0.496 e. The molecule has 0 radical (unpaired) electrons. The third-order valence-electron chi connectivity index (χ3n) is 3.43. The molecule has 1 aliphatic heterocycles. The van der Waals surface area contributed by atoms with Crippen molar-refractivity contribution in [2.24, 2.45) is 0 Å². The Labute approximate surface area is 109 Å². The molecule has 1 N–H and O–H groups in total. The Balaban J connectivity index is 2.35. The largest absolute Gasteiger partial charge is 0.496 e. The molecule has 0 amide bonds. The molecule has 0 atom stereocenters. The van der Waals surface area contributed by atoms with Gasteiger partial charge in [-0.25, -0.2) is 0 Å². The van der Waals surface area contributed by atoms with Crippen molar-refractivity contribution in [2.45, 2.75) is 13.3 Å². The first-order valence-electron chi connectivity index (χ1n) is 6.50. The van der Waals surface area contributed by atoms with Gasteiger partial charge in [-0.15, -0.1) is 0 Å². The summed E-state index contributed by atoms with van der Waals surface area (Å²) in [6.07, 6.45) is 0.911. The van der Waals surface area contributed by atoms with E-state index in [1.54, 1.807) is 14.2 Å². The highest BCUT2D eigenvalue weighted by atomic mass is 16.5. The van der Waals surface area contributed by atoms with E-state index in [-0.39, 0.29) is 0 Å². The fraction of sp³-hybridized carbons (Fsp3) is 0.571. The molecule has 4 heteroatoms. The van der Waals surface area contributed by atoms with Gasteiger partial charge in [0.05, 0.1) is 14.2 Å². The second-order valence-electron chi connectivity index (χ2n) is 4.42. The van der Waals surface area contributed by atoms with Crippen molar-refractivity contribution in [3.8, 4) is 11.5 Å². The van der Waals surface area contributed by atoms with Crippen LogP contribution in [-0.4, -0.2) is 40.4 Å². The molecule has 0 aromatic heterocycles. The summed E-state index contributed by atoms with van der Waals surface area (Å²) in [6.45, 7) is 6.22. The van der Waals surface area contributed by atoms with Gasteiger partial charge in [0, 0.05) is 49.6 Å². The molecule has 1 aromatic rings. The molecule has 2 rings (SSSR count). The van der Waals surface area contributed by atoms with Crippen LogP contribution in [0.2, 0.25) is 0 Å². The first kappa shape index (κ1) is 13.0. The van der Waals surface area contributed by atoms with Crippen molar-refractivity contribution in [3.63, 3.8) is 0 Å². The summed E-state index contributed by atoms with van der Waals surface area (Å²) in [6, 6.07) is 4.24. The van der Waals surface area contributed by atoms with Crippen molar-refractivity contribution in [2.75, 3.05) is 45.3 Å². The van der Waals surface area contributed by atoms with Crippen molar-refractivity contribution in [3.05, 3.63) is 17.7 Å². The van der Waals surface area contributed by atoms with Crippen LogP contribution in [0.1, 0.15) is 12.5 Å². The molecular formula is C14H22N2O2. The Bertz CT molecular complexity index is 376. The average Bonchev–Trinajstić information content (AvgIpc) is 2.46. The van der Waals surface area contributed by atoms with Crippen molar-refractivity contribution < 1.29 is 9.47 Å². The number of methoxy groups -OCH3 is 2. The van der Waals surface area contributed by atoms with Crippen LogP contribution >= 0.6 is 0 Å². The van der Waals surface area contributed by atoms with Gasteiger partial charge in [0.15, 0.2) is 0 Å². The number of piperazine rings is 1. The molecule has 4 nitrogen and oxygen atoms in total. The molecular weight excluding hydrogens is 228 g/mol. The highest BCUT2D eigenvalue weighted by Crippen LogP contribution is 2.34. The van der Waals surface area contributed by atoms with Gasteiger partial charge >= 0.3 is 0 Å². The van der Waals surface area contributed by atoms with Crippen LogP contribution in [0.25, 0.3) is 0 Å². The summed E-state index contributed by atoms with van der Waals surface area (Å²) >= 11 is 0. The molecule has 1 aromatic carbocycles. The second-order valence-corrected chi connectivity index (χ2v) is 4.42. The van der Waals surface area contributed by atoms with Crippen LogP contribution in [-0.2, 0) is 6.42 Å². The third kappa shape index (κ3) is 2.53. The molecule has 1 heterocycles. The maximum absolute atomic E-state index is 5.49. The molecule has 0 spiro atoms. The number of hydrogen-bond donors (Lipinski definition) is 1. The second kappa shape index (κ2) is 5.96. The zero-order chi connectivity index (χ0) is 13.0. The topological polar surface area (TPSA) is 33.7 Å². The smallest absolute Gasteiger partial charge is 0.127 e. The number of nitrogens with zero attached hydrogens (tertiary/aromatic N) is 1. The van der Waals surface area contributed by atoms with Crippen LogP contribution in [0.15, 0.2) is 12.1 Å². The van der Waals surface area contributed by atoms with E-state index in [2.05, 4.69) is 29.3 Å². The van der Waals surface area contributed by atoms with E-state index in [1.165, 1.54) is 5.69 Å². The highest BCUT2D eigenvalue weighted by Gasteiger charge is 2.16. The van der Waals surface area contributed by atoms with Gasteiger partial charge in [-0.2, -0.15) is 0 Å². The minimum atomic E-state index is 0.911. The van der Waals surface area contributed by atoms with Gasteiger partial charge < -0.3 is 19.7 Å². The Morgan fingerprint density at radius 3 is 2.11 bits per heavy atom. The minimum absolute atomic E-state index is 0.911. The maximum Gasteiger partial charge on any atom is 0.127 e.